The quantitative estimate of drug-likeness (QED) is 0.305. The lowest BCUT2D eigenvalue weighted by atomic mass is 10.1. The van der Waals surface area contributed by atoms with Gasteiger partial charge in [0.2, 0.25) is 11.8 Å². The largest absolute Gasteiger partial charge is 0.352 e. The van der Waals surface area contributed by atoms with Gasteiger partial charge in [0.05, 0.1) is 20.6 Å². The zero-order valence-electron chi connectivity index (χ0n) is 22.4. The number of hydrogen-bond donors (Lipinski definition) is 1. The summed E-state index contributed by atoms with van der Waals surface area (Å²) in [6.45, 7) is 6.80. The average molecular weight is 591 g/mol. The molecule has 0 bridgehead atoms. The van der Waals surface area contributed by atoms with Crippen LogP contribution in [0.3, 0.4) is 0 Å². The predicted molar refractivity (Wildman–Crippen MR) is 157 cm³/mol. The van der Waals surface area contributed by atoms with Gasteiger partial charge in [-0.1, -0.05) is 66.5 Å². The van der Waals surface area contributed by atoms with Crippen LogP contribution in [0.15, 0.2) is 77.7 Å². The number of nitrogens with zero attached hydrogens (tertiary/aromatic N) is 2. The number of amides is 2. The Morgan fingerprint density at radius 1 is 0.923 bits per heavy atom. The number of sulfonamides is 1. The molecule has 0 aliphatic carbocycles. The maximum atomic E-state index is 13.9. The molecule has 2 atom stereocenters. The van der Waals surface area contributed by atoms with E-state index < -0.39 is 28.5 Å². The second kappa shape index (κ2) is 13.3. The Balaban J connectivity index is 2.03. The summed E-state index contributed by atoms with van der Waals surface area (Å²) in [5, 5.41) is 3.58. The van der Waals surface area contributed by atoms with Crippen LogP contribution in [0.4, 0.5) is 5.69 Å². The van der Waals surface area contributed by atoms with Crippen molar-refractivity contribution in [2.24, 2.45) is 0 Å². The third-order valence-electron chi connectivity index (χ3n) is 6.40. The van der Waals surface area contributed by atoms with Gasteiger partial charge in [0.25, 0.3) is 10.0 Å². The number of anilines is 1. The highest BCUT2D eigenvalue weighted by Gasteiger charge is 2.32. The molecule has 0 saturated heterocycles. The van der Waals surface area contributed by atoms with Crippen LogP contribution in [-0.2, 0) is 26.2 Å². The van der Waals surface area contributed by atoms with Crippen molar-refractivity contribution in [2.45, 2.75) is 57.6 Å². The van der Waals surface area contributed by atoms with Crippen molar-refractivity contribution >= 4 is 50.7 Å². The third kappa shape index (κ3) is 7.75. The number of aryl methyl sites for hydroxylation is 1. The fourth-order valence-corrected chi connectivity index (χ4v) is 5.66. The minimum absolute atomic E-state index is 0.0257. The van der Waals surface area contributed by atoms with Gasteiger partial charge in [-0.15, -0.1) is 0 Å². The zero-order chi connectivity index (χ0) is 28.7. The summed E-state index contributed by atoms with van der Waals surface area (Å²) in [4.78, 5) is 28.4. The molecule has 3 rings (SSSR count). The van der Waals surface area contributed by atoms with E-state index in [0.29, 0.717) is 21.3 Å². The molecular formula is C29H33Cl2N3O4S. The highest BCUT2D eigenvalue weighted by Crippen LogP contribution is 2.27. The first-order valence-electron chi connectivity index (χ1n) is 12.6. The maximum absolute atomic E-state index is 13.9. The average Bonchev–Trinajstić information content (AvgIpc) is 2.92. The first-order chi connectivity index (χ1) is 18.4. The van der Waals surface area contributed by atoms with Gasteiger partial charge in [-0.3, -0.25) is 13.9 Å². The van der Waals surface area contributed by atoms with Crippen molar-refractivity contribution in [1.82, 2.24) is 10.2 Å². The second-order valence-corrected chi connectivity index (χ2v) is 12.1. The number of nitrogens with one attached hydrogen (secondary N) is 1. The van der Waals surface area contributed by atoms with Crippen LogP contribution in [0.25, 0.3) is 0 Å². The molecule has 0 aliphatic rings. The van der Waals surface area contributed by atoms with Crippen molar-refractivity contribution in [2.75, 3.05) is 10.8 Å². The molecule has 3 aromatic rings. The topological polar surface area (TPSA) is 86.8 Å². The van der Waals surface area contributed by atoms with Gasteiger partial charge < -0.3 is 10.2 Å². The number of carbonyl (C=O) groups is 2. The molecule has 0 unspecified atom stereocenters. The van der Waals surface area contributed by atoms with Crippen molar-refractivity contribution in [1.29, 1.82) is 0 Å². The molecule has 1 N–H and O–H groups in total. The Bertz CT molecular complexity index is 1420. The summed E-state index contributed by atoms with van der Waals surface area (Å²) in [6, 6.07) is 18.8. The van der Waals surface area contributed by atoms with Crippen LogP contribution in [0.5, 0.6) is 0 Å². The second-order valence-electron chi connectivity index (χ2n) is 9.43. The van der Waals surface area contributed by atoms with E-state index in [0.717, 1.165) is 16.3 Å². The van der Waals surface area contributed by atoms with Crippen molar-refractivity contribution in [3.63, 3.8) is 0 Å². The first-order valence-corrected chi connectivity index (χ1v) is 14.8. The fraction of sp³-hybridized carbons (Fsp3) is 0.310. The fourth-order valence-electron chi connectivity index (χ4n) is 3.91. The van der Waals surface area contributed by atoms with Crippen molar-refractivity contribution < 1.29 is 18.0 Å². The summed E-state index contributed by atoms with van der Waals surface area (Å²) >= 11 is 12.3. The minimum atomic E-state index is -4.11. The van der Waals surface area contributed by atoms with Gasteiger partial charge >= 0.3 is 0 Å². The molecule has 0 aromatic heterocycles. The van der Waals surface area contributed by atoms with Crippen LogP contribution >= 0.6 is 23.2 Å². The lowest BCUT2D eigenvalue weighted by Crippen LogP contribution is -2.52. The molecular weight excluding hydrogens is 557 g/mol. The van der Waals surface area contributed by atoms with E-state index in [4.69, 9.17) is 23.2 Å². The van der Waals surface area contributed by atoms with E-state index >= 15 is 0 Å². The molecule has 3 aromatic carbocycles. The molecule has 7 nitrogen and oxygen atoms in total. The monoisotopic (exact) mass is 589 g/mol. The van der Waals surface area contributed by atoms with E-state index in [1.54, 1.807) is 61.5 Å². The number of carbonyl (C=O) groups excluding carboxylic acids is 2. The van der Waals surface area contributed by atoms with E-state index in [2.05, 4.69) is 5.32 Å². The first kappa shape index (κ1) is 30.5. The van der Waals surface area contributed by atoms with E-state index in [-0.39, 0.29) is 23.4 Å². The van der Waals surface area contributed by atoms with Crippen LogP contribution in [0.1, 0.15) is 38.3 Å². The summed E-state index contributed by atoms with van der Waals surface area (Å²) in [6.07, 6.45) is 0.718. The Kier molecular flexibility index (Phi) is 10.4. The lowest BCUT2D eigenvalue weighted by Gasteiger charge is -2.32. The van der Waals surface area contributed by atoms with Gasteiger partial charge in [0, 0.05) is 12.6 Å². The van der Waals surface area contributed by atoms with Crippen LogP contribution in [0, 0.1) is 6.92 Å². The number of hydrogen-bond acceptors (Lipinski definition) is 4. The highest BCUT2D eigenvalue weighted by molar-refractivity contribution is 7.92. The number of halogens is 2. The van der Waals surface area contributed by atoms with E-state index in [1.165, 1.54) is 17.0 Å². The molecule has 2 amide bonds. The third-order valence-corrected chi connectivity index (χ3v) is 8.93. The van der Waals surface area contributed by atoms with Gasteiger partial charge in [-0.05, 0) is 74.7 Å². The van der Waals surface area contributed by atoms with E-state index in [9.17, 15) is 18.0 Å². The summed E-state index contributed by atoms with van der Waals surface area (Å²) < 4.78 is 28.6. The summed E-state index contributed by atoms with van der Waals surface area (Å²) in [5.74, 6) is -0.889. The van der Waals surface area contributed by atoms with E-state index in [1.807, 2.05) is 26.8 Å². The molecule has 0 saturated carbocycles. The van der Waals surface area contributed by atoms with Gasteiger partial charge in [0.15, 0.2) is 0 Å². The Hall–Kier alpha value is -3.07. The van der Waals surface area contributed by atoms with Crippen LogP contribution < -0.4 is 9.62 Å². The molecule has 0 fully saturated rings. The van der Waals surface area contributed by atoms with Crippen molar-refractivity contribution in [3.8, 4) is 0 Å². The van der Waals surface area contributed by atoms with Gasteiger partial charge in [-0.2, -0.15) is 0 Å². The highest BCUT2D eigenvalue weighted by atomic mass is 35.5. The minimum Gasteiger partial charge on any atom is -0.352 e. The molecule has 39 heavy (non-hydrogen) atoms. The van der Waals surface area contributed by atoms with Crippen molar-refractivity contribution in [3.05, 3.63) is 94.0 Å². The Labute approximate surface area is 240 Å². The van der Waals surface area contributed by atoms with Crippen LogP contribution in [-0.4, -0.2) is 43.8 Å². The van der Waals surface area contributed by atoms with Gasteiger partial charge in [0.1, 0.15) is 12.6 Å². The van der Waals surface area contributed by atoms with Crippen LogP contribution in [0.2, 0.25) is 10.0 Å². The molecule has 0 radical (unpaired) electrons. The Morgan fingerprint density at radius 2 is 1.62 bits per heavy atom. The Morgan fingerprint density at radius 3 is 2.23 bits per heavy atom. The zero-order valence-corrected chi connectivity index (χ0v) is 24.7. The molecule has 0 heterocycles. The summed E-state index contributed by atoms with van der Waals surface area (Å²) in [7, 11) is -4.11. The molecule has 10 heteroatoms. The summed E-state index contributed by atoms with van der Waals surface area (Å²) in [5.41, 5.74) is 1.83. The molecule has 0 spiro atoms. The molecule has 208 valence electrons. The maximum Gasteiger partial charge on any atom is 0.264 e. The predicted octanol–water partition coefficient (Wildman–Crippen LogP) is 5.83. The standard InChI is InChI=1S/C29H33Cl2N3O4S/c1-5-21(3)32-29(36)22(4)33(18-23-14-15-26(30)27(31)17-23)28(35)19-34(24-11-9-10-20(2)16-24)39(37,38)25-12-7-6-8-13-25/h6-17,21-22H,5,18-19H2,1-4H3,(H,32,36)/t21-,22+/m1/s1. The van der Waals surface area contributed by atoms with Gasteiger partial charge in [-0.25, -0.2) is 8.42 Å². The SMILES string of the molecule is CC[C@@H](C)NC(=O)[C@H](C)N(Cc1ccc(Cl)c(Cl)c1)C(=O)CN(c1cccc(C)c1)S(=O)(=O)c1ccccc1. The molecule has 0 aliphatic heterocycles. The number of rotatable bonds is 11. The number of benzene rings is 3. The smallest absolute Gasteiger partial charge is 0.264 e. The normalized spacial score (nSPS) is 12.9. The lowest BCUT2D eigenvalue weighted by molar-refractivity contribution is -0.139.